The molecule has 1 amide bonds. The van der Waals surface area contributed by atoms with Crippen molar-refractivity contribution in [2.75, 3.05) is 6.54 Å². The summed E-state index contributed by atoms with van der Waals surface area (Å²) >= 11 is 0. The van der Waals surface area contributed by atoms with Gasteiger partial charge in [0, 0.05) is 6.54 Å². The van der Waals surface area contributed by atoms with Crippen LogP contribution in [0, 0.1) is 5.92 Å². The van der Waals surface area contributed by atoms with Crippen LogP contribution in [-0.2, 0) is 4.79 Å². The first-order valence-corrected chi connectivity index (χ1v) is 3.37. The molecule has 0 saturated carbocycles. The summed E-state index contributed by atoms with van der Waals surface area (Å²) in [5.41, 5.74) is 3.02. The van der Waals surface area contributed by atoms with E-state index in [4.69, 9.17) is 0 Å². The zero-order valence-electron chi connectivity index (χ0n) is 5.42. The second-order valence-electron chi connectivity index (χ2n) is 2.76. The van der Waals surface area contributed by atoms with E-state index in [0.29, 0.717) is 6.04 Å². The Balaban J connectivity index is 2.14. The highest BCUT2D eigenvalue weighted by atomic mass is 16.2. The van der Waals surface area contributed by atoms with Gasteiger partial charge in [0.15, 0.2) is 0 Å². The first-order chi connectivity index (χ1) is 4.30. The van der Waals surface area contributed by atoms with Gasteiger partial charge in [-0.15, -0.1) is 0 Å². The van der Waals surface area contributed by atoms with Crippen LogP contribution < -0.4 is 5.43 Å². The van der Waals surface area contributed by atoms with Crippen LogP contribution in [0.5, 0.6) is 0 Å². The largest absolute Gasteiger partial charge is 0.274 e. The molecular weight excluding hydrogens is 116 g/mol. The Morgan fingerprint density at radius 2 is 2.56 bits per heavy atom. The third-order valence-electron chi connectivity index (χ3n) is 2.26. The number of carbonyl (C=O) groups excluding carboxylic acids is 1. The van der Waals surface area contributed by atoms with Gasteiger partial charge >= 0.3 is 0 Å². The van der Waals surface area contributed by atoms with Crippen molar-refractivity contribution in [3.05, 3.63) is 0 Å². The molecule has 50 valence electrons. The van der Waals surface area contributed by atoms with E-state index in [0.717, 1.165) is 13.0 Å². The summed E-state index contributed by atoms with van der Waals surface area (Å²) in [4.78, 5) is 10.9. The Morgan fingerprint density at radius 1 is 1.78 bits per heavy atom. The molecule has 2 heterocycles. The monoisotopic (exact) mass is 126 g/mol. The van der Waals surface area contributed by atoms with Gasteiger partial charge in [0.25, 0.3) is 0 Å². The lowest BCUT2D eigenvalue weighted by Gasteiger charge is -2.39. The lowest BCUT2D eigenvalue weighted by Crippen LogP contribution is -2.59. The first-order valence-electron chi connectivity index (χ1n) is 3.37. The van der Waals surface area contributed by atoms with Crippen molar-refractivity contribution >= 4 is 5.91 Å². The molecule has 3 nitrogen and oxygen atoms in total. The van der Waals surface area contributed by atoms with Crippen LogP contribution in [0.3, 0.4) is 0 Å². The van der Waals surface area contributed by atoms with Crippen molar-refractivity contribution in [3.63, 3.8) is 0 Å². The Kier molecular flexibility index (Phi) is 0.858. The van der Waals surface area contributed by atoms with Gasteiger partial charge in [0.1, 0.15) is 0 Å². The Morgan fingerprint density at radius 3 is 3.22 bits per heavy atom. The highest BCUT2D eigenvalue weighted by molar-refractivity contribution is 5.85. The molecular formula is C6H10N2O. The lowest BCUT2D eigenvalue weighted by atomic mass is 9.91. The second kappa shape index (κ2) is 1.48. The molecule has 0 aromatic carbocycles. The van der Waals surface area contributed by atoms with E-state index in [2.05, 4.69) is 5.43 Å². The summed E-state index contributed by atoms with van der Waals surface area (Å²) in [5, 5.41) is 1.75. The summed E-state index contributed by atoms with van der Waals surface area (Å²) < 4.78 is 0. The van der Waals surface area contributed by atoms with Crippen LogP contribution in [0.1, 0.15) is 13.3 Å². The Bertz CT molecular complexity index is 157. The lowest BCUT2D eigenvalue weighted by molar-refractivity contribution is -0.155. The summed E-state index contributed by atoms with van der Waals surface area (Å²) in [6.07, 6.45) is 1.13. The normalized spacial score (nSPS) is 40.6. The molecule has 2 atom stereocenters. The van der Waals surface area contributed by atoms with Gasteiger partial charge in [-0.25, -0.2) is 5.43 Å². The Hall–Kier alpha value is -0.570. The summed E-state index contributed by atoms with van der Waals surface area (Å²) in [6, 6.07) is 0.512. The number of hydrogen-bond acceptors (Lipinski definition) is 2. The number of hydrazine groups is 1. The molecule has 0 bridgehead atoms. The summed E-state index contributed by atoms with van der Waals surface area (Å²) in [7, 11) is 0. The van der Waals surface area contributed by atoms with E-state index in [1.807, 2.05) is 6.92 Å². The van der Waals surface area contributed by atoms with Crippen molar-refractivity contribution in [2.24, 2.45) is 5.92 Å². The molecule has 3 heteroatoms. The second-order valence-corrected chi connectivity index (χ2v) is 2.76. The van der Waals surface area contributed by atoms with E-state index in [1.165, 1.54) is 0 Å². The molecule has 2 fully saturated rings. The predicted molar refractivity (Wildman–Crippen MR) is 32.4 cm³/mol. The zero-order chi connectivity index (χ0) is 6.43. The maximum atomic E-state index is 10.9. The maximum absolute atomic E-state index is 10.9. The van der Waals surface area contributed by atoms with Gasteiger partial charge in [0.05, 0.1) is 12.0 Å². The van der Waals surface area contributed by atoms with Crippen molar-refractivity contribution in [1.82, 2.24) is 10.4 Å². The van der Waals surface area contributed by atoms with E-state index in [1.54, 1.807) is 5.01 Å². The van der Waals surface area contributed by atoms with Crippen LogP contribution >= 0.6 is 0 Å². The third-order valence-corrected chi connectivity index (χ3v) is 2.26. The van der Waals surface area contributed by atoms with Crippen LogP contribution in [0.2, 0.25) is 0 Å². The van der Waals surface area contributed by atoms with Gasteiger partial charge in [0.2, 0.25) is 5.91 Å². The van der Waals surface area contributed by atoms with Gasteiger partial charge in [-0.2, -0.15) is 0 Å². The number of amides is 1. The number of hydrogen-bond donors (Lipinski definition) is 1. The SMILES string of the molecule is C[C@@H]1C(=O)N2NCC[C@@H]12. The molecule has 0 aromatic heterocycles. The molecule has 0 aromatic rings. The third kappa shape index (κ3) is 0.477. The van der Waals surface area contributed by atoms with Crippen LogP contribution in [-0.4, -0.2) is 23.5 Å². The zero-order valence-corrected chi connectivity index (χ0v) is 5.42. The fourth-order valence-corrected chi connectivity index (χ4v) is 1.60. The van der Waals surface area contributed by atoms with E-state index in [-0.39, 0.29) is 11.8 Å². The molecule has 1 N–H and O–H groups in total. The van der Waals surface area contributed by atoms with E-state index >= 15 is 0 Å². The van der Waals surface area contributed by atoms with Crippen molar-refractivity contribution in [2.45, 2.75) is 19.4 Å². The molecule has 2 aliphatic rings. The molecule has 2 rings (SSSR count). The minimum absolute atomic E-state index is 0.262. The topological polar surface area (TPSA) is 32.3 Å². The molecule has 9 heavy (non-hydrogen) atoms. The van der Waals surface area contributed by atoms with E-state index in [9.17, 15) is 4.79 Å². The predicted octanol–water partition coefficient (Wildman–Crippen LogP) is -0.258. The molecule has 0 aliphatic carbocycles. The molecule has 0 spiro atoms. The smallest absolute Gasteiger partial charge is 0.241 e. The van der Waals surface area contributed by atoms with Gasteiger partial charge in [-0.1, -0.05) is 6.92 Å². The number of nitrogens with zero attached hydrogens (tertiary/aromatic N) is 1. The van der Waals surface area contributed by atoms with E-state index < -0.39 is 0 Å². The molecule has 2 saturated heterocycles. The number of nitrogens with one attached hydrogen (secondary N) is 1. The number of carbonyl (C=O) groups is 1. The maximum Gasteiger partial charge on any atom is 0.241 e. The average Bonchev–Trinajstić information content (AvgIpc) is 2.30. The fourth-order valence-electron chi connectivity index (χ4n) is 1.60. The average molecular weight is 126 g/mol. The first kappa shape index (κ1) is 5.23. The number of fused-ring (bicyclic) bond motifs is 1. The quantitative estimate of drug-likeness (QED) is 0.453. The van der Waals surface area contributed by atoms with Gasteiger partial charge in [-0.05, 0) is 6.42 Å². The number of rotatable bonds is 0. The molecule has 0 radical (unpaired) electrons. The van der Waals surface area contributed by atoms with Crippen molar-refractivity contribution < 1.29 is 4.79 Å². The van der Waals surface area contributed by atoms with Crippen molar-refractivity contribution in [1.29, 1.82) is 0 Å². The van der Waals surface area contributed by atoms with Gasteiger partial charge in [-0.3, -0.25) is 9.80 Å². The summed E-state index contributed by atoms with van der Waals surface area (Å²) in [5.74, 6) is 0.539. The summed E-state index contributed by atoms with van der Waals surface area (Å²) in [6.45, 7) is 2.97. The van der Waals surface area contributed by atoms with Crippen LogP contribution in [0.4, 0.5) is 0 Å². The highest BCUT2D eigenvalue weighted by Crippen LogP contribution is 2.29. The Labute approximate surface area is 54.0 Å². The fraction of sp³-hybridized carbons (Fsp3) is 0.833. The standard InChI is InChI=1S/C6H10N2O/c1-4-5-2-3-7-8(5)6(4)9/h4-5,7H,2-3H2,1H3/t4-,5-/m0/s1. The number of β-lactam (4-membered cyclic amide) rings is 1. The minimum atomic E-state index is 0.262. The highest BCUT2D eigenvalue weighted by Gasteiger charge is 2.46. The van der Waals surface area contributed by atoms with Crippen LogP contribution in [0.25, 0.3) is 0 Å². The van der Waals surface area contributed by atoms with Crippen LogP contribution in [0.15, 0.2) is 0 Å². The molecule has 2 aliphatic heterocycles. The van der Waals surface area contributed by atoms with Crippen molar-refractivity contribution in [3.8, 4) is 0 Å². The molecule has 0 unspecified atom stereocenters. The van der Waals surface area contributed by atoms with Gasteiger partial charge < -0.3 is 0 Å². The minimum Gasteiger partial charge on any atom is -0.274 e.